The monoisotopic (exact) mass is 424 g/mol. The summed E-state index contributed by atoms with van der Waals surface area (Å²) >= 11 is 1.63. The number of carbonyl (C=O) groups is 1. The number of hydrogen-bond acceptors (Lipinski definition) is 6. The number of aromatic nitrogens is 1. The molecule has 3 rings (SSSR count). The SMILES string of the molecule is CCc1csc(NC2CCN(C(C)C(=O)Nc3ccc(OC(F)F)cc3)CC2)n1. The second-order valence-electron chi connectivity index (χ2n) is 7.02. The van der Waals surface area contributed by atoms with Gasteiger partial charge in [0.15, 0.2) is 5.13 Å². The molecule has 1 aliphatic heterocycles. The summed E-state index contributed by atoms with van der Waals surface area (Å²) in [7, 11) is 0. The fourth-order valence-electron chi connectivity index (χ4n) is 3.27. The normalized spacial score (nSPS) is 16.6. The number of anilines is 2. The van der Waals surface area contributed by atoms with Gasteiger partial charge in [0, 0.05) is 30.2 Å². The number of amides is 1. The van der Waals surface area contributed by atoms with Gasteiger partial charge in [0.2, 0.25) is 5.91 Å². The molecule has 1 aliphatic rings. The molecule has 158 valence electrons. The quantitative estimate of drug-likeness (QED) is 0.665. The van der Waals surface area contributed by atoms with Gasteiger partial charge in [-0.1, -0.05) is 6.92 Å². The number of hydrogen-bond donors (Lipinski definition) is 2. The first-order valence-corrected chi connectivity index (χ1v) is 10.6. The van der Waals surface area contributed by atoms with Crippen molar-refractivity contribution in [3.05, 3.63) is 35.3 Å². The maximum atomic E-state index is 12.6. The highest BCUT2D eigenvalue weighted by atomic mass is 32.1. The molecule has 1 aromatic carbocycles. The number of alkyl halides is 2. The Labute approximate surface area is 173 Å². The average Bonchev–Trinajstić information content (AvgIpc) is 3.16. The van der Waals surface area contributed by atoms with E-state index in [0.29, 0.717) is 11.7 Å². The van der Waals surface area contributed by atoms with Gasteiger partial charge in [-0.05, 0) is 50.5 Å². The van der Waals surface area contributed by atoms with Crippen LogP contribution in [-0.4, -0.2) is 47.6 Å². The van der Waals surface area contributed by atoms with E-state index in [0.717, 1.165) is 43.2 Å². The largest absolute Gasteiger partial charge is 0.435 e. The van der Waals surface area contributed by atoms with Crippen LogP contribution in [0.4, 0.5) is 19.6 Å². The fourth-order valence-corrected chi connectivity index (χ4v) is 4.15. The molecule has 29 heavy (non-hydrogen) atoms. The van der Waals surface area contributed by atoms with Crippen molar-refractivity contribution in [1.82, 2.24) is 9.88 Å². The highest BCUT2D eigenvalue weighted by molar-refractivity contribution is 7.13. The minimum Gasteiger partial charge on any atom is -0.435 e. The van der Waals surface area contributed by atoms with Crippen molar-refractivity contribution in [1.29, 1.82) is 0 Å². The zero-order chi connectivity index (χ0) is 20.8. The van der Waals surface area contributed by atoms with Crippen LogP contribution in [0.2, 0.25) is 0 Å². The van der Waals surface area contributed by atoms with Gasteiger partial charge in [-0.15, -0.1) is 11.3 Å². The molecule has 1 unspecified atom stereocenters. The van der Waals surface area contributed by atoms with E-state index in [2.05, 4.69) is 37.6 Å². The molecule has 0 saturated carbocycles. The first-order valence-electron chi connectivity index (χ1n) is 9.75. The molecule has 2 N–H and O–H groups in total. The molecular formula is C20H26F2N4O2S. The van der Waals surface area contributed by atoms with Crippen LogP contribution in [0.1, 0.15) is 32.4 Å². The summed E-state index contributed by atoms with van der Waals surface area (Å²) in [5.74, 6) is -0.0571. The topological polar surface area (TPSA) is 66.5 Å². The molecule has 0 radical (unpaired) electrons. The number of ether oxygens (including phenoxy) is 1. The van der Waals surface area contributed by atoms with Gasteiger partial charge >= 0.3 is 6.61 Å². The number of rotatable bonds is 8. The third kappa shape index (κ3) is 6.11. The maximum Gasteiger partial charge on any atom is 0.387 e. The highest BCUT2D eigenvalue weighted by Crippen LogP contribution is 2.22. The number of thiazole rings is 1. The molecule has 0 aliphatic carbocycles. The summed E-state index contributed by atoms with van der Waals surface area (Å²) < 4.78 is 28.7. The van der Waals surface area contributed by atoms with Crippen LogP contribution < -0.4 is 15.4 Å². The molecule has 9 heteroatoms. The predicted molar refractivity (Wildman–Crippen MR) is 111 cm³/mol. The number of nitrogens with one attached hydrogen (secondary N) is 2. The summed E-state index contributed by atoms with van der Waals surface area (Å²) in [6.07, 6.45) is 2.82. The highest BCUT2D eigenvalue weighted by Gasteiger charge is 2.27. The summed E-state index contributed by atoms with van der Waals surface area (Å²) in [5, 5.41) is 9.37. The van der Waals surface area contributed by atoms with Crippen LogP contribution in [-0.2, 0) is 11.2 Å². The smallest absolute Gasteiger partial charge is 0.387 e. The molecular weight excluding hydrogens is 398 g/mol. The molecule has 0 spiro atoms. The zero-order valence-electron chi connectivity index (χ0n) is 16.5. The predicted octanol–water partition coefficient (Wildman–Crippen LogP) is 4.21. The van der Waals surface area contributed by atoms with E-state index in [1.165, 1.54) is 12.1 Å². The number of halogens is 2. The van der Waals surface area contributed by atoms with E-state index in [-0.39, 0.29) is 17.7 Å². The number of nitrogens with zero attached hydrogens (tertiary/aromatic N) is 2. The summed E-state index contributed by atoms with van der Waals surface area (Å²) in [6, 6.07) is 6.01. The van der Waals surface area contributed by atoms with Gasteiger partial charge in [-0.2, -0.15) is 8.78 Å². The standard InChI is InChI=1S/C20H26F2N4O2S/c1-3-14-12-29-20(24-14)25-16-8-10-26(11-9-16)13(2)18(27)23-15-4-6-17(7-5-15)28-19(21)22/h4-7,12-13,16,19H,3,8-11H2,1-2H3,(H,23,27)(H,24,25). The third-order valence-corrected chi connectivity index (χ3v) is 5.87. The van der Waals surface area contributed by atoms with Crippen LogP contribution in [0.3, 0.4) is 0 Å². The lowest BCUT2D eigenvalue weighted by atomic mass is 10.0. The van der Waals surface area contributed by atoms with Gasteiger partial charge < -0.3 is 15.4 Å². The Morgan fingerprint density at radius 3 is 2.59 bits per heavy atom. The Kier molecular flexibility index (Phi) is 7.38. The summed E-state index contributed by atoms with van der Waals surface area (Å²) in [6.45, 7) is 2.75. The lowest BCUT2D eigenvalue weighted by Crippen LogP contribution is -2.48. The van der Waals surface area contributed by atoms with Crippen LogP contribution in [0.15, 0.2) is 29.6 Å². The Bertz CT molecular complexity index is 792. The Morgan fingerprint density at radius 1 is 1.31 bits per heavy atom. The number of likely N-dealkylation sites (tertiary alicyclic amines) is 1. The van der Waals surface area contributed by atoms with E-state index in [1.54, 1.807) is 23.5 Å². The number of benzene rings is 1. The molecule has 1 saturated heterocycles. The minimum atomic E-state index is -2.86. The molecule has 1 atom stereocenters. The van der Waals surface area contributed by atoms with Gasteiger partial charge in [0.1, 0.15) is 5.75 Å². The van der Waals surface area contributed by atoms with Gasteiger partial charge in [0.25, 0.3) is 0 Å². The molecule has 6 nitrogen and oxygen atoms in total. The summed E-state index contributed by atoms with van der Waals surface area (Å²) in [5.41, 5.74) is 1.66. The molecule has 2 aromatic rings. The lowest BCUT2D eigenvalue weighted by molar-refractivity contribution is -0.121. The minimum absolute atomic E-state index is 0.0620. The molecule has 1 fully saturated rings. The van der Waals surface area contributed by atoms with Gasteiger partial charge in [-0.3, -0.25) is 9.69 Å². The number of piperidine rings is 1. The van der Waals surface area contributed by atoms with Gasteiger partial charge in [0.05, 0.1) is 11.7 Å². The van der Waals surface area contributed by atoms with Crippen LogP contribution in [0.5, 0.6) is 5.75 Å². The zero-order valence-corrected chi connectivity index (χ0v) is 17.3. The van der Waals surface area contributed by atoms with E-state index in [4.69, 9.17) is 0 Å². The molecule has 1 aromatic heterocycles. The van der Waals surface area contributed by atoms with Crippen molar-refractivity contribution in [3.63, 3.8) is 0 Å². The first kappa shape index (κ1) is 21.4. The Morgan fingerprint density at radius 2 is 2.00 bits per heavy atom. The Balaban J connectivity index is 1.45. The van der Waals surface area contributed by atoms with Crippen molar-refractivity contribution in [2.75, 3.05) is 23.7 Å². The van der Waals surface area contributed by atoms with Crippen LogP contribution in [0.25, 0.3) is 0 Å². The van der Waals surface area contributed by atoms with E-state index in [9.17, 15) is 13.6 Å². The third-order valence-electron chi connectivity index (χ3n) is 5.05. The van der Waals surface area contributed by atoms with Crippen molar-refractivity contribution in [2.45, 2.75) is 51.8 Å². The van der Waals surface area contributed by atoms with E-state index >= 15 is 0 Å². The van der Waals surface area contributed by atoms with E-state index in [1.807, 2.05) is 6.92 Å². The number of aryl methyl sites for hydroxylation is 1. The van der Waals surface area contributed by atoms with Crippen molar-refractivity contribution in [2.24, 2.45) is 0 Å². The van der Waals surface area contributed by atoms with Crippen molar-refractivity contribution in [3.8, 4) is 5.75 Å². The number of carbonyl (C=O) groups excluding carboxylic acids is 1. The molecule has 2 heterocycles. The maximum absolute atomic E-state index is 12.6. The van der Waals surface area contributed by atoms with Crippen molar-refractivity contribution >= 4 is 28.1 Å². The molecule has 0 bridgehead atoms. The lowest BCUT2D eigenvalue weighted by Gasteiger charge is -2.35. The van der Waals surface area contributed by atoms with Crippen LogP contribution in [0, 0.1) is 0 Å². The average molecular weight is 425 g/mol. The molecule has 1 amide bonds. The second-order valence-corrected chi connectivity index (χ2v) is 7.88. The first-order chi connectivity index (χ1) is 13.9. The van der Waals surface area contributed by atoms with E-state index < -0.39 is 6.61 Å². The Hall–Kier alpha value is -2.26. The second kappa shape index (κ2) is 9.98. The van der Waals surface area contributed by atoms with Crippen molar-refractivity contribution < 1.29 is 18.3 Å². The fraction of sp³-hybridized carbons (Fsp3) is 0.500. The summed E-state index contributed by atoms with van der Waals surface area (Å²) in [4.78, 5) is 19.3. The van der Waals surface area contributed by atoms with Crippen LogP contribution >= 0.6 is 11.3 Å². The van der Waals surface area contributed by atoms with Gasteiger partial charge in [-0.25, -0.2) is 4.98 Å².